The number of rotatable bonds is 7. The van der Waals surface area contributed by atoms with Crippen molar-refractivity contribution in [2.45, 2.75) is 6.54 Å². The van der Waals surface area contributed by atoms with Gasteiger partial charge in [0.25, 0.3) is 0 Å². The van der Waals surface area contributed by atoms with E-state index in [0.29, 0.717) is 12.1 Å². The molecule has 0 aliphatic heterocycles. The first kappa shape index (κ1) is 19.8. The van der Waals surface area contributed by atoms with E-state index in [4.69, 9.17) is 13.5 Å². The zero-order chi connectivity index (χ0) is 19.4. The molecule has 27 heavy (non-hydrogen) atoms. The maximum Gasteiger partial charge on any atom is 0.384 e. The molecule has 1 heterocycles. The molecule has 0 amide bonds. The average Bonchev–Trinajstić information content (AvgIpc) is 3.12. The fourth-order valence-corrected chi connectivity index (χ4v) is 3.71. The number of oxazole rings is 1. The molecule has 9 heteroatoms. The normalized spacial score (nSPS) is 11.6. The number of nitrogens with zero attached hydrogens (tertiary/aromatic N) is 1. The zero-order valence-electron chi connectivity index (χ0n) is 14.6. The van der Waals surface area contributed by atoms with E-state index in [2.05, 4.69) is 26.2 Å². The molecular weight excluding hydrogens is 438 g/mol. The monoisotopic (exact) mass is 454 g/mol. The maximum atomic E-state index is 13.1. The molecule has 3 aromatic rings. The number of halogens is 2. The van der Waals surface area contributed by atoms with Gasteiger partial charge in [-0.25, -0.2) is 4.39 Å². The summed E-state index contributed by atoms with van der Waals surface area (Å²) in [4.78, 5) is 4.33. The highest BCUT2D eigenvalue weighted by Gasteiger charge is 2.34. The van der Waals surface area contributed by atoms with Crippen molar-refractivity contribution >= 4 is 34.8 Å². The van der Waals surface area contributed by atoms with Gasteiger partial charge >= 0.3 is 7.60 Å². The van der Waals surface area contributed by atoms with E-state index in [9.17, 15) is 8.96 Å². The number of aromatic nitrogens is 1. The summed E-state index contributed by atoms with van der Waals surface area (Å²) in [7, 11) is -1.09. The molecule has 0 atom stereocenters. The van der Waals surface area contributed by atoms with Crippen molar-refractivity contribution in [1.82, 2.24) is 4.98 Å². The van der Waals surface area contributed by atoms with E-state index >= 15 is 0 Å². The van der Waals surface area contributed by atoms with Gasteiger partial charge in [-0.2, -0.15) is 4.98 Å². The Morgan fingerprint density at radius 2 is 1.74 bits per heavy atom. The van der Waals surface area contributed by atoms with Crippen molar-refractivity contribution in [2.24, 2.45) is 0 Å². The largest absolute Gasteiger partial charge is 0.420 e. The average molecular weight is 455 g/mol. The molecule has 0 aliphatic rings. The summed E-state index contributed by atoms with van der Waals surface area (Å²) in [6, 6.07) is 13.3. The van der Waals surface area contributed by atoms with Crippen LogP contribution in [0, 0.1) is 5.82 Å². The third kappa shape index (κ3) is 4.47. The van der Waals surface area contributed by atoms with Crippen LogP contribution in [0.1, 0.15) is 5.56 Å². The fraction of sp³-hybridized carbons (Fsp3) is 0.167. The van der Waals surface area contributed by atoms with Crippen LogP contribution in [0.4, 0.5) is 10.3 Å². The van der Waals surface area contributed by atoms with E-state index in [1.54, 1.807) is 12.1 Å². The number of hydrogen-bond donors (Lipinski definition) is 1. The van der Waals surface area contributed by atoms with Crippen LogP contribution in [-0.2, 0) is 20.2 Å². The molecule has 0 radical (unpaired) electrons. The quantitative estimate of drug-likeness (QED) is 0.508. The lowest BCUT2D eigenvalue weighted by Crippen LogP contribution is -2.14. The van der Waals surface area contributed by atoms with Crippen LogP contribution in [-0.4, -0.2) is 19.2 Å². The summed E-state index contributed by atoms with van der Waals surface area (Å²) in [5, 5.41) is 3.03. The van der Waals surface area contributed by atoms with Crippen LogP contribution in [0.25, 0.3) is 11.5 Å². The first-order valence-electron chi connectivity index (χ1n) is 7.92. The zero-order valence-corrected chi connectivity index (χ0v) is 17.1. The van der Waals surface area contributed by atoms with Gasteiger partial charge < -0.3 is 18.8 Å². The number of nitrogens with one attached hydrogen (secondary N) is 1. The van der Waals surface area contributed by atoms with Crippen LogP contribution >= 0.6 is 23.5 Å². The Morgan fingerprint density at radius 3 is 2.33 bits per heavy atom. The van der Waals surface area contributed by atoms with Gasteiger partial charge in [0, 0.05) is 30.8 Å². The lowest BCUT2D eigenvalue weighted by molar-refractivity contribution is 0.286. The van der Waals surface area contributed by atoms with Crippen LogP contribution in [0.5, 0.6) is 0 Å². The Hall–Kier alpha value is -1.99. The number of benzene rings is 2. The molecule has 0 unspecified atom stereocenters. The van der Waals surface area contributed by atoms with Gasteiger partial charge in [-0.1, -0.05) is 28.1 Å². The topological polar surface area (TPSA) is 73.6 Å². The third-order valence-electron chi connectivity index (χ3n) is 3.81. The highest BCUT2D eigenvalue weighted by Crippen LogP contribution is 2.47. The summed E-state index contributed by atoms with van der Waals surface area (Å²) in [6.07, 6.45) is 0. The molecule has 0 saturated heterocycles. The molecule has 0 fully saturated rings. The second-order valence-electron chi connectivity index (χ2n) is 5.52. The van der Waals surface area contributed by atoms with Gasteiger partial charge in [0.05, 0.1) is 0 Å². The summed E-state index contributed by atoms with van der Waals surface area (Å²) in [5.41, 5.74) is 1.56. The van der Waals surface area contributed by atoms with E-state index in [-0.39, 0.29) is 23.0 Å². The Morgan fingerprint density at radius 1 is 1.11 bits per heavy atom. The summed E-state index contributed by atoms with van der Waals surface area (Å²) in [6.45, 7) is 0.315. The minimum atomic E-state index is -3.65. The molecule has 2 aromatic carbocycles. The molecule has 0 bridgehead atoms. The predicted octanol–water partition coefficient (Wildman–Crippen LogP) is 4.97. The minimum Gasteiger partial charge on any atom is -0.420 e. The van der Waals surface area contributed by atoms with Crippen molar-refractivity contribution in [3.63, 3.8) is 0 Å². The smallest absolute Gasteiger partial charge is 0.384 e. The minimum absolute atomic E-state index is 0.0486. The Kier molecular flexibility index (Phi) is 6.11. The van der Waals surface area contributed by atoms with E-state index in [0.717, 1.165) is 10.0 Å². The molecule has 142 valence electrons. The maximum absolute atomic E-state index is 13.1. The van der Waals surface area contributed by atoms with Crippen molar-refractivity contribution < 1.29 is 22.4 Å². The van der Waals surface area contributed by atoms with Gasteiger partial charge in [-0.3, -0.25) is 4.57 Å². The first-order chi connectivity index (χ1) is 12.9. The standard InChI is InChI=1S/C18H17BrFN2O4P/c1-24-27(23,25-2)18-17(21-11-12-3-9-15(20)10-4-12)26-16(22-18)13-5-7-14(19)8-6-13/h3-10,21H,11H2,1-2H3. The summed E-state index contributed by atoms with van der Waals surface area (Å²) >= 11 is 3.37. The molecular formula is C18H17BrFN2O4P. The van der Waals surface area contributed by atoms with Gasteiger partial charge in [0.2, 0.25) is 17.2 Å². The van der Waals surface area contributed by atoms with Gasteiger partial charge in [-0.05, 0) is 42.0 Å². The fourth-order valence-electron chi connectivity index (χ4n) is 2.36. The van der Waals surface area contributed by atoms with Crippen LogP contribution in [0.3, 0.4) is 0 Å². The Bertz CT molecular complexity index is 952. The summed E-state index contributed by atoms with van der Waals surface area (Å²) in [5.74, 6) is 0.123. The molecule has 0 aliphatic carbocycles. The molecule has 3 rings (SSSR count). The van der Waals surface area contributed by atoms with Crippen molar-refractivity contribution in [1.29, 1.82) is 0 Å². The van der Waals surface area contributed by atoms with Crippen LogP contribution < -0.4 is 10.8 Å². The highest BCUT2D eigenvalue weighted by atomic mass is 79.9. The first-order valence-corrected chi connectivity index (χ1v) is 10.3. The van der Waals surface area contributed by atoms with E-state index in [1.165, 1.54) is 26.4 Å². The second-order valence-corrected chi connectivity index (χ2v) is 8.59. The highest BCUT2D eigenvalue weighted by molar-refractivity contribution is 9.10. The second kappa shape index (κ2) is 8.35. The van der Waals surface area contributed by atoms with Gasteiger partial charge in [0.15, 0.2) is 0 Å². The van der Waals surface area contributed by atoms with Gasteiger partial charge in [0.1, 0.15) is 5.82 Å². The SMILES string of the molecule is COP(=O)(OC)c1nc(-c2ccc(Br)cc2)oc1NCc1ccc(F)cc1. The molecule has 1 aromatic heterocycles. The molecule has 1 N–H and O–H groups in total. The number of hydrogen-bond acceptors (Lipinski definition) is 6. The molecule has 0 saturated carbocycles. The van der Waals surface area contributed by atoms with Crippen molar-refractivity contribution in [3.8, 4) is 11.5 Å². The Balaban J connectivity index is 1.95. The van der Waals surface area contributed by atoms with E-state index < -0.39 is 7.60 Å². The molecule has 6 nitrogen and oxygen atoms in total. The van der Waals surface area contributed by atoms with E-state index in [1.807, 2.05) is 24.3 Å². The lowest BCUT2D eigenvalue weighted by Gasteiger charge is -2.12. The van der Waals surface area contributed by atoms with Crippen LogP contribution in [0.2, 0.25) is 0 Å². The lowest BCUT2D eigenvalue weighted by atomic mass is 10.2. The van der Waals surface area contributed by atoms with Crippen LogP contribution in [0.15, 0.2) is 57.4 Å². The van der Waals surface area contributed by atoms with Crippen molar-refractivity contribution in [3.05, 3.63) is 64.4 Å². The third-order valence-corrected chi connectivity index (χ3v) is 6.12. The Labute approximate surface area is 164 Å². The predicted molar refractivity (Wildman–Crippen MR) is 105 cm³/mol. The number of anilines is 1. The van der Waals surface area contributed by atoms with Crippen molar-refractivity contribution in [2.75, 3.05) is 19.5 Å². The van der Waals surface area contributed by atoms with Gasteiger partial charge in [-0.15, -0.1) is 0 Å². The molecule has 0 spiro atoms. The summed E-state index contributed by atoms with van der Waals surface area (Å²) < 4.78 is 42.8.